The van der Waals surface area contributed by atoms with Gasteiger partial charge in [-0.15, -0.1) is 0 Å². The molecule has 0 radical (unpaired) electrons. The summed E-state index contributed by atoms with van der Waals surface area (Å²) in [6, 6.07) is 6.95. The molecule has 2 aromatic rings. The van der Waals surface area contributed by atoms with Crippen molar-refractivity contribution in [3.8, 4) is 0 Å². The molecule has 2 fully saturated rings. The molecule has 0 aromatic carbocycles. The molecule has 1 saturated heterocycles. The quantitative estimate of drug-likeness (QED) is 0.842. The van der Waals surface area contributed by atoms with Crippen LogP contribution in [-0.2, 0) is 10.2 Å². The van der Waals surface area contributed by atoms with Crippen LogP contribution in [0.15, 0.2) is 24.4 Å². The van der Waals surface area contributed by atoms with Gasteiger partial charge in [0.1, 0.15) is 17.5 Å². The van der Waals surface area contributed by atoms with E-state index < -0.39 is 0 Å². The van der Waals surface area contributed by atoms with E-state index in [-0.39, 0.29) is 11.3 Å². The van der Waals surface area contributed by atoms with Crippen molar-refractivity contribution in [1.29, 1.82) is 0 Å². The molecule has 5 rings (SSSR count). The number of hydrogen-bond donors (Lipinski definition) is 1. The summed E-state index contributed by atoms with van der Waals surface area (Å²) in [4.78, 5) is 28.1. The van der Waals surface area contributed by atoms with Gasteiger partial charge in [0.05, 0.1) is 5.69 Å². The van der Waals surface area contributed by atoms with Crippen molar-refractivity contribution < 1.29 is 4.79 Å². The van der Waals surface area contributed by atoms with E-state index in [1.54, 1.807) is 0 Å². The van der Waals surface area contributed by atoms with Gasteiger partial charge in [-0.2, -0.15) is 0 Å². The van der Waals surface area contributed by atoms with Crippen molar-refractivity contribution in [2.75, 3.05) is 48.8 Å². The first-order chi connectivity index (χ1) is 14.3. The Labute approximate surface area is 178 Å². The molecule has 2 aromatic heterocycles. The third-order valence-electron chi connectivity index (χ3n) is 6.80. The molecule has 158 valence electrons. The topological polar surface area (TPSA) is 64.6 Å². The summed E-state index contributed by atoms with van der Waals surface area (Å²) in [6.07, 6.45) is 5.49. The maximum Gasteiger partial charge on any atom is 0.222 e. The Morgan fingerprint density at radius 2 is 2.00 bits per heavy atom. The molecular formula is C23H30N6O. The molecule has 30 heavy (non-hydrogen) atoms. The highest BCUT2D eigenvalue weighted by molar-refractivity contribution is 5.89. The van der Waals surface area contributed by atoms with Crippen LogP contribution in [0.1, 0.15) is 37.3 Å². The minimum atomic E-state index is -0.103. The third-order valence-corrected chi connectivity index (χ3v) is 6.80. The molecule has 7 heteroatoms. The van der Waals surface area contributed by atoms with Crippen LogP contribution in [0.3, 0.4) is 0 Å². The zero-order chi connectivity index (χ0) is 21.0. The van der Waals surface area contributed by atoms with Crippen molar-refractivity contribution in [1.82, 2.24) is 14.9 Å². The molecule has 1 N–H and O–H groups in total. The van der Waals surface area contributed by atoms with Gasteiger partial charge in [-0.1, -0.05) is 0 Å². The summed E-state index contributed by atoms with van der Waals surface area (Å²) in [5.74, 6) is 2.55. The number of fused-ring (bicyclic) bond motifs is 2. The fourth-order valence-electron chi connectivity index (χ4n) is 4.88. The van der Waals surface area contributed by atoms with E-state index in [0.717, 1.165) is 37.0 Å². The molecule has 2 aliphatic heterocycles. The second kappa shape index (κ2) is 6.94. The monoisotopic (exact) mass is 406 g/mol. The standard InChI is InChI=1S/C23H30N6O/c1-15-9-21(28-8-5-17(13-28)27(3)4)26-22(10-15)29-14-23(6-7-23)18-12-24-20(11-19(18)29)25-16(2)30/h9-12,17H,5-8,13-14H2,1-4H3,(H,24,25,30). The van der Waals surface area contributed by atoms with Gasteiger partial charge >= 0.3 is 0 Å². The molecule has 1 saturated carbocycles. The van der Waals surface area contributed by atoms with Crippen molar-refractivity contribution in [2.45, 2.75) is 44.6 Å². The molecule has 1 spiro atoms. The first-order valence-corrected chi connectivity index (χ1v) is 10.8. The zero-order valence-corrected chi connectivity index (χ0v) is 18.3. The number of nitrogens with zero attached hydrogens (tertiary/aromatic N) is 5. The van der Waals surface area contributed by atoms with Crippen molar-refractivity contribution in [3.63, 3.8) is 0 Å². The lowest BCUT2D eigenvalue weighted by Gasteiger charge is -2.24. The number of pyridine rings is 2. The van der Waals surface area contributed by atoms with Crippen LogP contribution in [0.2, 0.25) is 0 Å². The molecule has 1 atom stereocenters. The highest BCUT2D eigenvalue weighted by Gasteiger charge is 2.52. The Balaban J connectivity index is 1.50. The maximum absolute atomic E-state index is 11.5. The Hall–Kier alpha value is -2.67. The lowest BCUT2D eigenvalue weighted by atomic mass is 10.0. The average Bonchev–Trinajstić information content (AvgIpc) is 3.16. The van der Waals surface area contributed by atoms with Gasteiger partial charge in [0.2, 0.25) is 5.91 Å². The van der Waals surface area contributed by atoms with Crippen LogP contribution in [0, 0.1) is 6.92 Å². The normalized spacial score (nSPS) is 21.4. The zero-order valence-electron chi connectivity index (χ0n) is 18.3. The largest absolute Gasteiger partial charge is 0.355 e. The number of carbonyl (C=O) groups is 1. The van der Waals surface area contributed by atoms with E-state index in [1.807, 2.05) is 12.3 Å². The van der Waals surface area contributed by atoms with Gasteiger partial charge in [-0.25, -0.2) is 9.97 Å². The maximum atomic E-state index is 11.5. The number of aromatic nitrogens is 2. The van der Waals surface area contributed by atoms with Crippen LogP contribution in [0.25, 0.3) is 0 Å². The van der Waals surface area contributed by atoms with Crippen LogP contribution in [0.5, 0.6) is 0 Å². The fraction of sp³-hybridized carbons (Fsp3) is 0.522. The van der Waals surface area contributed by atoms with Crippen molar-refractivity contribution in [2.24, 2.45) is 0 Å². The molecule has 3 aliphatic rings. The predicted molar refractivity (Wildman–Crippen MR) is 120 cm³/mol. The molecule has 0 bridgehead atoms. The Morgan fingerprint density at radius 1 is 1.23 bits per heavy atom. The lowest BCUT2D eigenvalue weighted by molar-refractivity contribution is -0.114. The van der Waals surface area contributed by atoms with Crippen LogP contribution in [-0.4, -0.2) is 60.5 Å². The number of hydrogen-bond acceptors (Lipinski definition) is 6. The number of rotatable bonds is 4. The lowest BCUT2D eigenvalue weighted by Crippen LogP contribution is -2.32. The van der Waals surface area contributed by atoms with Gasteiger partial charge in [-0.05, 0) is 58.0 Å². The van der Waals surface area contributed by atoms with Gasteiger partial charge in [0.25, 0.3) is 0 Å². The number of amides is 1. The first kappa shape index (κ1) is 19.3. The number of aryl methyl sites for hydroxylation is 1. The second-order valence-corrected chi connectivity index (χ2v) is 9.35. The molecule has 1 amide bonds. The number of nitrogens with one attached hydrogen (secondary N) is 1. The minimum Gasteiger partial charge on any atom is -0.355 e. The third kappa shape index (κ3) is 3.31. The first-order valence-electron chi connectivity index (χ1n) is 10.8. The highest BCUT2D eigenvalue weighted by atomic mass is 16.1. The average molecular weight is 407 g/mol. The summed E-state index contributed by atoms with van der Waals surface area (Å²) in [5.41, 5.74) is 3.84. The van der Waals surface area contributed by atoms with Gasteiger partial charge < -0.3 is 20.0 Å². The van der Waals surface area contributed by atoms with Gasteiger partial charge in [-0.3, -0.25) is 4.79 Å². The van der Waals surface area contributed by atoms with E-state index >= 15 is 0 Å². The van der Waals surface area contributed by atoms with Crippen molar-refractivity contribution in [3.05, 3.63) is 35.5 Å². The summed E-state index contributed by atoms with van der Waals surface area (Å²) in [6.45, 7) is 6.65. The van der Waals surface area contributed by atoms with Crippen LogP contribution >= 0.6 is 0 Å². The molecule has 1 aliphatic carbocycles. The van der Waals surface area contributed by atoms with E-state index in [2.05, 4.69) is 58.2 Å². The predicted octanol–water partition coefficient (Wildman–Crippen LogP) is 3.07. The number of carbonyl (C=O) groups excluding carboxylic acids is 1. The van der Waals surface area contributed by atoms with Gasteiger partial charge in [0, 0.05) is 55.8 Å². The van der Waals surface area contributed by atoms with Crippen LogP contribution in [0.4, 0.5) is 23.1 Å². The second-order valence-electron chi connectivity index (χ2n) is 9.35. The van der Waals surface area contributed by atoms with Crippen molar-refractivity contribution >= 4 is 29.0 Å². The Morgan fingerprint density at radius 3 is 2.67 bits per heavy atom. The fourth-order valence-corrected chi connectivity index (χ4v) is 4.88. The smallest absolute Gasteiger partial charge is 0.222 e. The Bertz CT molecular complexity index is 999. The molecule has 1 unspecified atom stereocenters. The summed E-state index contributed by atoms with van der Waals surface area (Å²) in [5, 5.41) is 2.83. The van der Waals surface area contributed by atoms with Crippen LogP contribution < -0.4 is 15.1 Å². The summed E-state index contributed by atoms with van der Waals surface area (Å²) < 4.78 is 0. The molecular weight excluding hydrogens is 376 g/mol. The van der Waals surface area contributed by atoms with E-state index in [4.69, 9.17) is 4.98 Å². The van der Waals surface area contributed by atoms with E-state index in [1.165, 1.54) is 37.3 Å². The van der Waals surface area contributed by atoms with E-state index in [0.29, 0.717) is 11.9 Å². The summed E-state index contributed by atoms with van der Waals surface area (Å²) in [7, 11) is 4.31. The van der Waals surface area contributed by atoms with E-state index in [9.17, 15) is 4.79 Å². The summed E-state index contributed by atoms with van der Waals surface area (Å²) >= 11 is 0. The Kier molecular flexibility index (Phi) is 4.47. The highest BCUT2D eigenvalue weighted by Crippen LogP contribution is 2.58. The molecule has 7 nitrogen and oxygen atoms in total. The number of likely N-dealkylation sites (N-methyl/N-ethyl adjacent to an activating group) is 1. The SMILES string of the molecule is CC(=O)Nc1cc2c(cn1)C1(CC1)CN2c1cc(C)cc(N2CCC(N(C)C)C2)n1. The van der Waals surface area contributed by atoms with Gasteiger partial charge in [0.15, 0.2) is 0 Å². The minimum absolute atomic E-state index is 0.103. The molecule has 4 heterocycles. The number of anilines is 4.